The lowest BCUT2D eigenvalue weighted by Gasteiger charge is -2.22. The zero-order chi connectivity index (χ0) is 11.3. The Balaban J connectivity index is 2.83. The minimum absolute atomic E-state index is 0.111. The number of alkyl halides is 2. The minimum Gasteiger partial charge on any atom is -0.395 e. The maximum Gasteiger partial charge on any atom is 0.255 e. The van der Waals surface area contributed by atoms with Gasteiger partial charge in [0.05, 0.1) is 17.6 Å². The molecule has 0 aromatic carbocycles. The summed E-state index contributed by atoms with van der Waals surface area (Å²) >= 11 is 3.16. The van der Waals surface area contributed by atoms with E-state index in [0.717, 1.165) is 0 Å². The van der Waals surface area contributed by atoms with E-state index in [2.05, 4.69) is 25.9 Å². The zero-order valence-electron chi connectivity index (χ0n) is 7.78. The minimum atomic E-state index is -2.47. The fraction of sp³-hybridized carbons (Fsp3) is 0.500. The number of nitrogens with zero attached hydrogens (tertiary/aromatic N) is 3. The van der Waals surface area contributed by atoms with Gasteiger partial charge in [-0.05, 0) is 15.9 Å². The predicted molar refractivity (Wildman–Crippen MR) is 55.0 cm³/mol. The van der Waals surface area contributed by atoms with Crippen molar-refractivity contribution in [3.63, 3.8) is 0 Å². The molecule has 0 saturated heterocycles. The van der Waals surface area contributed by atoms with E-state index in [1.54, 1.807) is 0 Å². The van der Waals surface area contributed by atoms with Crippen LogP contribution in [0.3, 0.4) is 0 Å². The van der Waals surface area contributed by atoms with Crippen molar-refractivity contribution in [3.05, 3.63) is 17.0 Å². The first-order valence-electron chi connectivity index (χ1n) is 4.24. The van der Waals surface area contributed by atoms with Gasteiger partial charge in [-0.2, -0.15) is 0 Å². The average molecular weight is 282 g/mol. The van der Waals surface area contributed by atoms with E-state index in [9.17, 15) is 8.78 Å². The molecular formula is C8H10BrF2N3O. The molecule has 1 N–H and O–H groups in total. The van der Waals surface area contributed by atoms with Crippen LogP contribution in [0.4, 0.5) is 14.6 Å². The Labute approximate surface area is 94.1 Å². The average Bonchev–Trinajstić information content (AvgIpc) is 2.17. The molecule has 15 heavy (non-hydrogen) atoms. The maximum atomic E-state index is 12.2. The molecule has 0 radical (unpaired) electrons. The fourth-order valence-corrected chi connectivity index (χ4v) is 1.58. The summed E-state index contributed by atoms with van der Waals surface area (Å²) in [6, 6.07) is 0. The number of hydrogen-bond acceptors (Lipinski definition) is 4. The monoisotopic (exact) mass is 281 g/mol. The summed E-state index contributed by atoms with van der Waals surface area (Å²) in [6.07, 6.45) is 0.270. The van der Waals surface area contributed by atoms with Crippen molar-refractivity contribution in [2.24, 2.45) is 0 Å². The highest BCUT2D eigenvalue weighted by Crippen LogP contribution is 2.22. The van der Waals surface area contributed by atoms with Crippen LogP contribution in [0, 0.1) is 0 Å². The first kappa shape index (κ1) is 12.3. The largest absolute Gasteiger partial charge is 0.395 e. The Morgan fingerprint density at radius 3 is 2.80 bits per heavy atom. The summed E-state index contributed by atoms with van der Waals surface area (Å²) in [5.41, 5.74) is 0. The van der Waals surface area contributed by atoms with E-state index in [-0.39, 0.29) is 13.2 Å². The SMILES string of the molecule is OCCN(CC(F)F)c1ncncc1Br. The van der Waals surface area contributed by atoms with Crippen LogP contribution in [0.15, 0.2) is 17.0 Å². The number of aliphatic hydroxyl groups is 1. The molecule has 0 aliphatic carbocycles. The van der Waals surface area contributed by atoms with E-state index in [1.807, 2.05) is 0 Å². The van der Waals surface area contributed by atoms with Crippen LogP contribution in [-0.2, 0) is 0 Å². The van der Waals surface area contributed by atoms with Gasteiger partial charge in [0.25, 0.3) is 6.43 Å². The molecule has 0 aliphatic rings. The van der Waals surface area contributed by atoms with Gasteiger partial charge in [-0.3, -0.25) is 0 Å². The standard InChI is InChI=1S/C8H10BrF2N3O/c9-6-3-12-5-13-8(6)14(1-2-15)4-7(10)11/h3,5,7,15H,1-2,4H2. The van der Waals surface area contributed by atoms with Crippen molar-refractivity contribution in [3.8, 4) is 0 Å². The van der Waals surface area contributed by atoms with Crippen LogP contribution >= 0.6 is 15.9 Å². The number of aliphatic hydroxyl groups excluding tert-OH is 1. The van der Waals surface area contributed by atoms with Crippen molar-refractivity contribution < 1.29 is 13.9 Å². The molecule has 0 unspecified atom stereocenters. The second-order valence-electron chi connectivity index (χ2n) is 2.75. The summed E-state index contributed by atoms with van der Waals surface area (Å²) in [6.45, 7) is -0.556. The first-order chi connectivity index (χ1) is 7.15. The van der Waals surface area contributed by atoms with Gasteiger partial charge < -0.3 is 10.0 Å². The molecule has 0 atom stereocenters. The second kappa shape index (κ2) is 5.92. The number of anilines is 1. The third kappa shape index (κ3) is 3.67. The Morgan fingerprint density at radius 1 is 1.53 bits per heavy atom. The zero-order valence-corrected chi connectivity index (χ0v) is 9.36. The molecule has 1 heterocycles. The van der Waals surface area contributed by atoms with Gasteiger partial charge in [-0.15, -0.1) is 0 Å². The lowest BCUT2D eigenvalue weighted by Crippen LogP contribution is -2.32. The third-order valence-corrected chi connectivity index (χ3v) is 2.24. The molecular weight excluding hydrogens is 272 g/mol. The van der Waals surface area contributed by atoms with Crippen molar-refractivity contribution in [1.82, 2.24) is 9.97 Å². The van der Waals surface area contributed by atoms with Gasteiger partial charge in [0, 0.05) is 12.7 Å². The Hall–Kier alpha value is -0.820. The Morgan fingerprint density at radius 2 is 2.27 bits per heavy atom. The smallest absolute Gasteiger partial charge is 0.255 e. The normalized spacial score (nSPS) is 10.7. The summed E-state index contributed by atoms with van der Waals surface area (Å²) < 4.78 is 25.0. The maximum absolute atomic E-state index is 12.2. The molecule has 0 fully saturated rings. The van der Waals surface area contributed by atoms with Gasteiger partial charge in [0.1, 0.15) is 12.1 Å². The van der Waals surface area contributed by atoms with Gasteiger partial charge in [0.2, 0.25) is 0 Å². The number of hydrogen-bond donors (Lipinski definition) is 1. The number of halogens is 3. The van der Waals surface area contributed by atoms with Crippen LogP contribution in [0.1, 0.15) is 0 Å². The fourth-order valence-electron chi connectivity index (χ4n) is 1.11. The molecule has 7 heteroatoms. The molecule has 0 saturated carbocycles. The predicted octanol–water partition coefficient (Wildman–Crippen LogP) is 1.30. The summed E-state index contributed by atoms with van der Waals surface area (Å²) in [5, 5.41) is 8.76. The van der Waals surface area contributed by atoms with E-state index in [0.29, 0.717) is 10.3 Å². The van der Waals surface area contributed by atoms with E-state index >= 15 is 0 Å². The van der Waals surface area contributed by atoms with Crippen LogP contribution in [0.2, 0.25) is 0 Å². The lowest BCUT2D eigenvalue weighted by molar-refractivity contribution is 0.152. The summed E-state index contributed by atoms with van der Waals surface area (Å²) in [5.74, 6) is 0.361. The summed E-state index contributed by atoms with van der Waals surface area (Å²) in [4.78, 5) is 8.91. The van der Waals surface area contributed by atoms with Crippen LogP contribution in [0.5, 0.6) is 0 Å². The second-order valence-corrected chi connectivity index (χ2v) is 3.61. The lowest BCUT2D eigenvalue weighted by atomic mass is 10.4. The van der Waals surface area contributed by atoms with Gasteiger partial charge in [-0.25, -0.2) is 18.7 Å². The molecule has 1 aromatic heterocycles. The molecule has 84 valence electrons. The molecule has 4 nitrogen and oxygen atoms in total. The van der Waals surface area contributed by atoms with E-state index < -0.39 is 13.0 Å². The molecule has 1 aromatic rings. The van der Waals surface area contributed by atoms with Crippen LogP contribution < -0.4 is 4.90 Å². The van der Waals surface area contributed by atoms with E-state index in [4.69, 9.17) is 5.11 Å². The first-order valence-corrected chi connectivity index (χ1v) is 5.04. The van der Waals surface area contributed by atoms with E-state index in [1.165, 1.54) is 17.4 Å². The molecule has 1 rings (SSSR count). The highest BCUT2D eigenvalue weighted by molar-refractivity contribution is 9.10. The summed E-state index contributed by atoms with van der Waals surface area (Å²) in [7, 11) is 0. The quantitative estimate of drug-likeness (QED) is 0.884. The van der Waals surface area contributed by atoms with Crippen molar-refractivity contribution in [1.29, 1.82) is 0 Å². The van der Waals surface area contributed by atoms with Crippen molar-refractivity contribution in [2.45, 2.75) is 6.43 Å². The topological polar surface area (TPSA) is 49.2 Å². The molecule has 0 aliphatic heterocycles. The molecule has 0 bridgehead atoms. The van der Waals surface area contributed by atoms with Gasteiger partial charge >= 0.3 is 0 Å². The Kier molecular flexibility index (Phi) is 4.83. The molecule has 0 spiro atoms. The van der Waals surface area contributed by atoms with Crippen molar-refractivity contribution >= 4 is 21.7 Å². The molecule has 0 amide bonds. The number of rotatable bonds is 5. The van der Waals surface area contributed by atoms with Crippen molar-refractivity contribution in [2.75, 3.05) is 24.6 Å². The third-order valence-electron chi connectivity index (χ3n) is 1.68. The highest BCUT2D eigenvalue weighted by atomic mass is 79.9. The van der Waals surface area contributed by atoms with Crippen LogP contribution in [0.25, 0.3) is 0 Å². The van der Waals surface area contributed by atoms with Crippen LogP contribution in [-0.4, -0.2) is 41.2 Å². The highest BCUT2D eigenvalue weighted by Gasteiger charge is 2.15. The van der Waals surface area contributed by atoms with Gasteiger partial charge in [-0.1, -0.05) is 0 Å². The Bertz CT molecular complexity index is 314. The van der Waals surface area contributed by atoms with Gasteiger partial charge in [0.15, 0.2) is 0 Å². The number of aromatic nitrogens is 2.